The minimum Gasteiger partial charge on any atom is -0.476 e. The zero-order valence-electron chi connectivity index (χ0n) is 9.53. The zero-order valence-corrected chi connectivity index (χ0v) is 11.2. The lowest BCUT2D eigenvalue weighted by atomic mass is 9.94. The van der Waals surface area contributed by atoms with Crippen LogP contribution in [-0.2, 0) is 10.0 Å². The Bertz CT molecular complexity index is 574. The molecule has 0 aromatic carbocycles. The van der Waals surface area contributed by atoms with E-state index in [1.54, 1.807) is 6.92 Å². The second-order valence-corrected chi connectivity index (χ2v) is 7.13. The van der Waals surface area contributed by atoms with E-state index in [0.717, 1.165) is 15.6 Å². The molecule has 0 saturated carbocycles. The Labute approximate surface area is 108 Å². The Morgan fingerprint density at radius 1 is 1.61 bits per heavy atom. The Morgan fingerprint density at radius 3 is 2.72 bits per heavy atom. The van der Waals surface area contributed by atoms with E-state index < -0.39 is 27.3 Å². The van der Waals surface area contributed by atoms with Gasteiger partial charge in [-0.15, -0.1) is 11.3 Å². The smallest absolute Gasteiger partial charge is 0.356 e. The summed E-state index contributed by atoms with van der Waals surface area (Å²) in [5.41, 5.74) is -0.282. The normalized spacial score (nSPS) is 19.4. The average Bonchev–Trinajstić information content (AvgIpc) is 2.74. The van der Waals surface area contributed by atoms with Crippen LogP contribution in [0.5, 0.6) is 0 Å². The molecule has 2 heterocycles. The van der Waals surface area contributed by atoms with Crippen molar-refractivity contribution in [2.24, 2.45) is 0 Å². The van der Waals surface area contributed by atoms with Gasteiger partial charge in [0.2, 0.25) is 0 Å². The summed E-state index contributed by atoms with van der Waals surface area (Å²) in [7, 11) is -3.87. The third kappa shape index (κ3) is 2.03. The Hall–Kier alpha value is -1.03. The first-order chi connectivity index (χ1) is 8.30. The van der Waals surface area contributed by atoms with Gasteiger partial charge in [-0.1, -0.05) is 6.92 Å². The molecule has 18 heavy (non-hydrogen) atoms. The van der Waals surface area contributed by atoms with E-state index in [4.69, 9.17) is 5.11 Å². The maximum absolute atomic E-state index is 12.1. The van der Waals surface area contributed by atoms with Crippen molar-refractivity contribution in [3.63, 3.8) is 0 Å². The molecule has 0 aliphatic carbocycles. The average molecular weight is 292 g/mol. The summed E-state index contributed by atoms with van der Waals surface area (Å²) < 4.78 is 25.0. The molecule has 100 valence electrons. The molecule has 1 aromatic rings. The summed E-state index contributed by atoms with van der Waals surface area (Å²) in [5.74, 6) is -1.37. The number of nitrogens with zero attached hydrogens (tertiary/aromatic N) is 2. The van der Waals surface area contributed by atoms with Gasteiger partial charge in [-0.2, -0.15) is 4.31 Å². The van der Waals surface area contributed by atoms with Crippen LogP contribution >= 0.6 is 11.3 Å². The van der Waals surface area contributed by atoms with Gasteiger partial charge in [0.05, 0.1) is 11.1 Å². The second-order valence-electron chi connectivity index (χ2n) is 4.14. The first-order valence-corrected chi connectivity index (χ1v) is 7.51. The Morgan fingerprint density at radius 2 is 2.22 bits per heavy atom. The van der Waals surface area contributed by atoms with Crippen LogP contribution in [0.1, 0.15) is 23.8 Å². The number of hydrogen-bond acceptors (Lipinski definition) is 6. The monoisotopic (exact) mass is 292 g/mol. The lowest BCUT2D eigenvalue weighted by Gasteiger charge is -2.44. The molecule has 0 amide bonds. The fraction of sp³-hybridized carbons (Fsp3) is 0.556. The number of aromatic nitrogens is 1. The highest BCUT2D eigenvalue weighted by atomic mass is 32.2. The van der Waals surface area contributed by atoms with Gasteiger partial charge in [0, 0.05) is 13.1 Å². The van der Waals surface area contributed by atoms with Crippen molar-refractivity contribution in [1.82, 2.24) is 9.29 Å². The van der Waals surface area contributed by atoms with Crippen molar-refractivity contribution in [2.75, 3.05) is 13.1 Å². The van der Waals surface area contributed by atoms with Crippen molar-refractivity contribution >= 4 is 27.3 Å². The van der Waals surface area contributed by atoms with Gasteiger partial charge in [0.15, 0.2) is 9.90 Å². The molecular formula is C9H12N2O5S2. The fourth-order valence-corrected chi connectivity index (χ4v) is 4.56. The summed E-state index contributed by atoms with van der Waals surface area (Å²) in [6.45, 7) is 1.74. The summed E-state index contributed by atoms with van der Waals surface area (Å²) in [6, 6.07) is 0. The van der Waals surface area contributed by atoms with Gasteiger partial charge in [-0.3, -0.25) is 0 Å². The van der Waals surface area contributed by atoms with Gasteiger partial charge < -0.3 is 10.2 Å². The summed E-state index contributed by atoms with van der Waals surface area (Å²) in [5, 5.41) is 18.6. The summed E-state index contributed by atoms with van der Waals surface area (Å²) >= 11 is 0.767. The standard InChI is InChI=1S/C9H12N2O5S2/c1-2-9(14)3-11(4-9)18(15,16)8-6(7(12)13)10-5-17-8/h5,14H,2-4H2,1H3,(H,12,13). The molecule has 7 nitrogen and oxygen atoms in total. The lowest BCUT2D eigenvalue weighted by Crippen LogP contribution is -2.62. The maximum Gasteiger partial charge on any atom is 0.356 e. The molecule has 0 bridgehead atoms. The van der Waals surface area contributed by atoms with E-state index in [-0.39, 0.29) is 17.3 Å². The predicted molar refractivity (Wildman–Crippen MR) is 63.1 cm³/mol. The molecule has 0 unspecified atom stereocenters. The molecule has 0 spiro atoms. The van der Waals surface area contributed by atoms with Crippen LogP contribution in [0.4, 0.5) is 0 Å². The van der Waals surface area contributed by atoms with Crippen LogP contribution < -0.4 is 0 Å². The van der Waals surface area contributed by atoms with Crippen LogP contribution in [0.3, 0.4) is 0 Å². The second kappa shape index (κ2) is 4.26. The first-order valence-electron chi connectivity index (χ1n) is 5.19. The van der Waals surface area contributed by atoms with E-state index in [9.17, 15) is 18.3 Å². The molecular weight excluding hydrogens is 280 g/mol. The molecule has 2 rings (SSSR count). The number of rotatable bonds is 4. The van der Waals surface area contributed by atoms with E-state index in [1.165, 1.54) is 5.51 Å². The number of hydrogen-bond donors (Lipinski definition) is 2. The quantitative estimate of drug-likeness (QED) is 0.808. The highest BCUT2D eigenvalue weighted by molar-refractivity contribution is 7.91. The van der Waals surface area contributed by atoms with Crippen molar-refractivity contribution in [2.45, 2.75) is 23.2 Å². The van der Waals surface area contributed by atoms with Gasteiger partial charge in [0.1, 0.15) is 0 Å². The third-order valence-electron chi connectivity index (χ3n) is 2.91. The molecule has 1 aliphatic heterocycles. The fourth-order valence-electron chi connectivity index (χ4n) is 1.68. The zero-order chi connectivity index (χ0) is 13.6. The van der Waals surface area contributed by atoms with Crippen LogP contribution in [0, 0.1) is 0 Å². The molecule has 0 atom stereocenters. The number of sulfonamides is 1. The number of carboxylic acids is 1. The lowest BCUT2D eigenvalue weighted by molar-refractivity contribution is -0.0612. The van der Waals surface area contributed by atoms with Crippen LogP contribution in [0.25, 0.3) is 0 Å². The number of β-amino-alcohol motifs (C(OH)–C–C–N with tert-alkyl or cyclic N) is 1. The first kappa shape index (κ1) is 13.4. The summed E-state index contributed by atoms with van der Waals surface area (Å²) in [4.78, 5) is 14.4. The van der Waals surface area contributed by atoms with E-state index in [0.29, 0.717) is 6.42 Å². The number of aliphatic hydroxyl groups is 1. The van der Waals surface area contributed by atoms with Crippen molar-refractivity contribution in [1.29, 1.82) is 0 Å². The van der Waals surface area contributed by atoms with Crippen molar-refractivity contribution < 1.29 is 23.4 Å². The van der Waals surface area contributed by atoms with E-state index in [1.807, 2.05) is 0 Å². The Kier molecular flexibility index (Phi) is 3.18. The summed E-state index contributed by atoms with van der Waals surface area (Å²) in [6.07, 6.45) is 0.452. The molecule has 1 saturated heterocycles. The highest BCUT2D eigenvalue weighted by Gasteiger charge is 2.47. The molecule has 2 N–H and O–H groups in total. The number of carboxylic acid groups (broad SMARTS) is 1. The topological polar surface area (TPSA) is 108 Å². The van der Waals surface area contributed by atoms with Crippen LogP contribution in [-0.4, -0.2) is 52.6 Å². The van der Waals surface area contributed by atoms with Gasteiger partial charge in [0.25, 0.3) is 10.0 Å². The van der Waals surface area contributed by atoms with Gasteiger partial charge in [-0.05, 0) is 6.42 Å². The van der Waals surface area contributed by atoms with E-state index >= 15 is 0 Å². The largest absolute Gasteiger partial charge is 0.476 e. The molecule has 1 aromatic heterocycles. The van der Waals surface area contributed by atoms with Crippen molar-refractivity contribution in [3.05, 3.63) is 11.2 Å². The minimum atomic E-state index is -3.87. The van der Waals surface area contributed by atoms with Gasteiger partial charge in [-0.25, -0.2) is 18.2 Å². The number of aromatic carboxylic acids is 1. The molecule has 0 radical (unpaired) electrons. The number of thiazole rings is 1. The Balaban J connectivity index is 2.28. The van der Waals surface area contributed by atoms with Crippen LogP contribution in [0.15, 0.2) is 9.72 Å². The third-order valence-corrected chi connectivity index (χ3v) is 6.05. The number of carbonyl (C=O) groups is 1. The minimum absolute atomic E-state index is 0.0111. The SMILES string of the molecule is CCC1(O)CN(S(=O)(=O)c2scnc2C(=O)O)C1. The predicted octanol–water partition coefficient (Wildman–Crippen LogP) is -0.0133. The van der Waals surface area contributed by atoms with Crippen molar-refractivity contribution in [3.8, 4) is 0 Å². The van der Waals surface area contributed by atoms with Crippen LogP contribution in [0.2, 0.25) is 0 Å². The van der Waals surface area contributed by atoms with Gasteiger partial charge >= 0.3 is 5.97 Å². The van der Waals surface area contributed by atoms with E-state index in [2.05, 4.69) is 4.98 Å². The molecule has 9 heteroatoms. The highest BCUT2D eigenvalue weighted by Crippen LogP contribution is 2.32. The molecule has 1 aliphatic rings. The maximum atomic E-state index is 12.1. The molecule has 1 fully saturated rings.